The second-order valence-electron chi connectivity index (χ2n) is 6.36. The number of amidine groups is 1. The number of nitrogens with one attached hydrogen (secondary N) is 1. The van der Waals surface area contributed by atoms with Crippen molar-refractivity contribution in [1.82, 2.24) is 5.32 Å². The summed E-state index contributed by atoms with van der Waals surface area (Å²) >= 11 is 12.8. The number of hydrogen-bond donors (Lipinski definition) is 2. The Hall–Kier alpha value is -3.15. The minimum atomic E-state index is -1.10. The summed E-state index contributed by atoms with van der Waals surface area (Å²) in [6.07, 6.45) is 0.926. The van der Waals surface area contributed by atoms with E-state index in [2.05, 4.69) is 15.5 Å². The number of hydrogen-bond acceptors (Lipinski definition) is 8. The molecule has 32 heavy (non-hydrogen) atoms. The van der Waals surface area contributed by atoms with Crippen molar-refractivity contribution in [3.8, 4) is 5.75 Å². The van der Waals surface area contributed by atoms with E-state index in [9.17, 15) is 19.7 Å². The van der Waals surface area contributed by atoms with E-state index in [-0.39, 0.29) is 29.6 Å². The van der Waals surface area contributed by atoms with Crippen LogP contribution in [0, 0.1) is 10.1 Å². The van der Waals surface area contributed by atoms with Crippen LogP contribution in [0.15, 0.2) is 46.6 Å². The highest BCUT2D eigenvalue weighted by Gasteiger charge is 2.32. The Morgan fingerprint density at radius 3 is 2.75 bits per heavy atom. The Morgan fingerprint density at radius 1 is 1.28 bits per heavy atom. The molecule has 166 valence electrons. The first kappa shape index (κ1) is 23.5. The van der Waals surface area contributed by atoms with E-state index in [0.29, 0.717) is 21.2 Å². The average Bonchev–Trinajstić information content (AvgIpc) is 3.07. The molecule has 1 unspecified atom stereocenters. The van der Waals surface area contributed by atoms with Crippen LogP contribution >= 0.6 is 35.0 Å². The fourth-order valence-corrected chi connectivity index (χ4v) is 3.80. The molecule has 1 atom stereocenters. The maximum Gasteiger partial charge on any atom is 0.311 e. The molecule has 0 saturated carbocycles. The quantitative estimate of drug-likeness (QED) is 0.320. The third kappa shape index (κ3) is 6.19. The van der Waals surface area contributed by atoms with Gasteiger partial charge in [-0.2, -0.15) is 5.10 Å². The van der Waals surface area contributed by atoms with Crippen molar-refractivity contribution < 1.29 is 24.4 Å². The summed E-state index contributed by atoms with van der Waals surface area (Å²) in [6.45, 7) is 0.0489. The molecule has 0 radical (unpaired) electrons. The van der Waals surface area contributed by atoms with Gasteiger partial charge in [0.1, 0.15) is 11.9 Å². The molecular weight excluding hydrogens is 483 g/mol. The summed E-state index contributed by atoms with van der Waals surface area (Å²) in [5.41, 5.74) is 0.790. The number of aliphatic carboxylic acids is 1. The molecule has 2 aromatic rings. The lowest BCUT2D eigenvalue weighted by Crippen LogP contribution is -2.26. The number of benzene rings is 2. The zero-order valence-corrected chi connectivity index (χ0v) is 18.4. The normalized spacial score (nSPS) is 17.0. The van der Waals surface area contributed by atoms with Gasteiger partial charge in [-0.25, -0.2) is 0 Å². The molecule has 1 aliphatic rings. The van der Waals surface area contributed by atoms with Crippen LogP contribution in [0.25, 0.3) is 0 Å². The van der Waals surface area contributed by atoms with Crippen LogP contribution in [0.4, 0.5) is 5.69 Å². The van der Waals surface area contributed by atoms with Gasteiger partial charge in [-0.15, -0.1) is 5.10 Å². The Kier molecular flexibility index (Phi) is 7.67. The average molecular weight is 497 g/mol. The van der Waals surface area contributed by atoms with Gasteiger partial charge >= 0.3 is 11.7 Å². The molecule has 1 aliphatic heterocycles. The van der Waals surface area contributed by atoms with Gasteiger partial charge in [0.15, 0.2) is 10.9 Å². The number of nitro groups is 1. The summed E-state index contributed by atoms with van der Waals surface area (Å²) < 4.78 is 5.56. The smallest absolute Gasteiger partial charge is 0.311 e. The first-order valence-electron chi connectivity index (χ1n) is 8.88. The molecule has 0 aliphatic carbocycles. The Balaban J connectivity index is 1.69. The van der Waals surface area contributed by atoms with E-state index in [1.54, 1.807) is 24.3 Å². The largest absolute Gasteiger partial charge is 0.482 e. The van der Waals surface area contributed by atoms with E-state index < -0.39 is 22.0 Å². The predicted octanol–water partition coefficient (Wildman–Crippen LogP) is 3.88. The number of carbonyl (C=O) groups is 2. The third-order valence-electron chi connectivity index (χ3n) is 4.05. The van der Waals surface area contributed by atoms with Gasteiger partial charge in [0.05, 0.1) is 27.6 Å². The molecule has 1 heterocycles. The highest BCUT2D eigenvalue weighted by Crippen LogP contribution is 2.29. The van der Waals surface area contributed by atoms with E-state index in [1.807, 2.05) is 0 Å². The number of amides is 1. The van der Waals surface area contributed by atoms with Crippen LogP contribution in [0.1, 0.15) is 17.5 Å². The molecule has 3 rings (SSSR count). The minimum absolute atomic E-state index is 0.0489. The summed E-state index contributed by atoms with van der Waals surface area (Å²) in [4.78, 5) is 33.3. The summed E-state index contributed by atoms with van der Waals surface area (Å²) in [5, 5.41) is 30.4. The fourth-order valence-electron chi connectivity index (χ4n) is 2.56. The molecule has 13 heteroatoms. The van der Waals surface area contributed by atoms with Crippen molar-refractivity contribution >= 4 is 63.9 Å². The first-order chi connectivity index (χ1) is 15.2. The van der Waals surface area contributed by atoms with Crippen LogP contribution in [0.2, 0.25) is 10.0 Å². The van der Waals surface area contributed by atoms with E-state index in [0.717, 1.165) is 11.8 Å². The van der Waals surface area contributed by atoms with Crippen molar-refractivity contribution in [2.24, 2.45) is 10.2 Å². The lowest BCUT2D eigenvalue weighted by atomic mass is 10.2. The van der Waals surface area contributed by atoms with Crippen LogP contribution in [0.3, 0.4) is 0 Å². The van der Waals surface area contributed by atoms with E-state index in [4.69, 9.17) is 33.0 Å². The molecule has 0 bridgehead atoms. The summed E-state index contributed by atoms with van der Waals surface area (Å²) in [6, 6.07) is 9.15. The van der Waals surface area contributed by atoms with Crippen molar-refractivity contribution in [3.05, 3.63) is 67.7 Å². The fraction of sp³-hybridized carbons (Fsp3) is 0.158. The predicted molar refractivity (Wildman–Crippen MR) is 121 cm³/mol. The minimum Gasteiger partial charge on any atom is -0.482 e. The van der Waals surface area contributed by atoms with Crippen molar-refractivity contribution in [2.75, 3.05) is 0 Å². The molecule has 2 aromatic carbocycles. The van der Waals surface area contributed by atoms with Gasteiger partial charge in [-0.05, 0) is 29.8 Å². The first-order valence-corrected chi connectivity index (χ1v) is 10.5. The lowest BCUT2D eigenvalue weighted by Gasteiger charge is -2.08. The SMILES string of the molecule is O=C(O)CC1SC(=NN=Cc2ccc(OCc3ccc(Cl)c(Cl)c3)c([N+](=O)[O-])c2)NC1=O. The topological polar surface area (TPSA) is 143 Å². The van der Waals surface area contributed by atoms with Crippen molar-refractivity contribution in [1.29, 1.82) is 0 Å². The number of carbonyl (C=O) groups excluding carboxylic acids is 1. The summed E-state index contributed by atoms with van der Waals surface area (Å²) in [7, 11) is 0. The van der Waals surface area contributed by atoms with Crippen LogP contribution in [0.5, 0.6) is 5.75 Å². The Labute approximate surface area is 195 Å². The van der Waals surface area contributed by atoms with Gasteiger partial charge in [0.2, 0.25) is 5.91 Å². The Bertz CT molecular complexity index is 1140. The number of thioether (sulfide) groups is 1. The lowest BCUT2D eigenvalue weighted by molar-refractivity contribution is -0.385. The zero-order valence-electron chi connectivity index (χ0n) is 16.0. The number of halogens is 2. The van der Waals surface area contributed by atoms with Crippen LogP contribution in [-0.2, 0) is 16.2 Å². The van der Waals surface area contributed by atoms with Crippen molar-refractivity contribution in [2.45, 2.75) is 18.3 Å². The molecule has 0 aromatic heterocycles. The van der Waals surface area contributed by atoms with Gasteiger partial charge in [-0.3, -0.25) is 19.7 Å². The zero-order chi connectivity index (χ0) is 23.3. The van der Waals surface area contributed by atoms with Crippen LogP contribution in [-0.4, -0.2) is 38.5 Å². The van der Waals surface area contributed by atoms with E-state index in [1.165, 1.54) is 18.3 Å². The number of nitro benzene ring substituents is 1. The molecule has 1 saturated heterocycles. The maximum absolute atomic E-state index is 11.7. The third-order valence-corrected chi connectivity index (χ3v) is 5.86. The van der Waals surface area contributed by atoms with Gasteiger partial charge in [0.25, 0.3) is 0 Å². The standard InChI is InChI=1S/C19H14Cl2N4O6S/c20-12-3-1-11(5-13(12)21)9-31-15-4-2-10(6-14(15)25(29)30)8-22-24-19-23-18(28)16(32-19)7-17(26)27/h1-6,8,16H,7,9H2,(H,26,27)(H,23,24,28). The van der Waals surface area contributed by atoms with Gasteiger partial charge in [-0.1, -0.05) is 41.0 Å². The monoisotopic (exact) mass is 496 g/mol. The highest BCUT2D eigenvalue weighted by atomic mass is 35.5. The number of carboxylic acids is 1. The van der Waals surface area contributed by atoms with Crippen molar-refractivity contribution in [3.63, 3.8) is 0 Å². The molecule has 2 N–H and O–H groups in total. The second kappa shape index (κ2) is 10.4. The number of carboxylic acid groups (broad SMARTS) is 1. The molecule has 0 spiro atoms. The number of ether oxygens (including phenoxy) is 1. The highest BCUT2D eigenvalue weighted by molar-refractivity contribution is 8.15. The molecule has 1 amide bonds. The molecular formula is C19H14Cl2N4O6S. The number of nitrogens with zero attached hydrogens (tertiary/aromatic N) is 3. The van der Waals surface area contributed by atoms with E-state index >= 15 is 0 Å². The second-order valence-corrected chi connectivity index (χ2v) is 8.37. The van der Waals surface area contributed by atoms with Gasteiger partial charge in [0, 0.05) is 11.6 Å². The molecule has 10 nitrogen and oxygen atoms in total. The maximum atomic E-state index is 11.7. The summed E-state index contributed by atoms with van der Waals surface area (Å²) in [5.74, 6) is -1.51. The molecule has 1 fully saturated rings. The number of rotatable bonds is 8. The Morgan fingerprint density at radius 2 is 2.06 bits per heavy atom. The van der Waals surface area contributed by atoms with Gasteiger partial charge < -0.3 is 15.2 Å². The van der Waals surface area contributed by atoms with Crippen LogP contribution < -0.4 is 10.1 Å².